The first-order valence-corrected chi connectivity index (χ1v) is 5.84. The van der Waals surface area contributed by atoms with Crippen LogP contribution >= 0.6 is 15.9 Å². The van der Waals surface area contributed by atoms with Gasteiger partial charge in [0, 0.05) is 18.7 Å². The Labute approximate surface area is 98.5 Å². The van der Waals surface area contributed by atoms with E-state index in [4.69, 9.17) is 11.1 Å². The monoisotopic (exact) mass is 272 g/mol. The van der Waals surface area contributed by atoms with E-state index in [1.54, 1.807) is 0 Å². The van der Waals surface area contributed by atoms with Gasteiger partial charge in [-0.1, -0.05) is 0 Å². The summed E-state index contributed by atoms with van der Waals surface area (Å²) >= 11 is 3.49. The molecular weight excluding hydrogens is 256 g/mol. The first-order chi connectivity index (χ1) is 7.02. The van der Waals surface area contributed by atoms with Crippen LogP contribution in [-0.4, -0.2) is 15.6 Å². The zero-order valence-corrected chi connectivity index (χ0v) is 10.8. The number of aromatic nitrogens is 2. The second kappa shape index (κ2) is 5.30. The maximum Gasteiger partial charge on any atom is 0.0905 e. The molecule has 0 spiro atoms. The van der Waals surface area contributed by atoms with E-state index >= 15 is 0 Å². The lowest BCUT2D eigenvalue weighted by Crippen LogP contribution is -2.10. The molecule has 0 unspecified atom stereocenters. The van der Waals surface area contributed by atoms with Crippen LogP contribution in [0.4, 0.5) is 0 Å². The van der Waals surface area contributed by atoms with Crippen molar-refractivity contribution in [2.75, 3.05) is 0 Å². The highest BCUT2D eigenvalue weighted by molar-refractivity contribution is 9.10. The lowest BCUT2D eigenvalue weighted by molar-refractivity contribution is 0.548. The van der Waals surface area contributed by atoms with Crippen molar-refractivity contribution in [2.45, 2.75) is 39.7 Å². The van der Waals surface area contributed by atoms with Gasteiger partial charge in [0.05, 0.1) is 16.0 Å². The van der Waals surface area contributed by atoms with Crippen molar-refractivity contribution in [3.05, 3.63) is 15.9 Å². The molecule has 5 heteroatoms. The molecule has 1 rings (SSSR count). The summed E-state index contributed by atoms with van der Waals surface area (Å²) < 4.78 is 3.09. The van der Waals surface area contributed by atoms with E-state index in [2.05, 4.69) is 28.0 Å². The number of halogens is 1. The molecule has 0 amide bonds. The zero-order valence-electron chi connectivity index (χ0n) is 9.18. The van der Waals surface area contributed by atoms with Gasteiger partial charge in [-0.05, 0) is 42.6 Å². The van der Waals surface area contributed by atoms with Gasteiger partial charge in [-0.25, -0.2) is 0 Å². The molecule has 0 aliphatic heterocycles. The zero-order chi connectivity index (χ0) is 11.4. The molecule has 1 heterocycles. The fraction of sp³-hybridized carbons (Fsp3) is 0.600. The fourth-order valence-corrected chi connectivity index (χ4v) is 1.75. The smallest absolute Gasteiger partial charge is 0.0905 e. The summed E-state index contributed by atoms with van der Waals surface area (Å²) in [7, 11) is 0. The molecule has 15 heavy (non-hydrogen) atoms. The van der Waals surface area contributed by atoms with E-state index in [-0.39, 0.29) is 5.84 Å². The van der Waals surface area contributed by atoms with E-state index in [0.29, 0.717) is 6.42 Å². The van der Waals surface area contributed by atoms with Gasteiger partial charge in [0.25, 0.3) is 0 Å². The molecule has 4 nitrogen and oxygen atoms in total. The Morgan fingerprint density at radius 2 is 2.13 bits per heavy atom. The molecule has 1 aromatic rings. The Balaban J connectivity index is 2.44. The van der Waals surface area contributed by atoms with Crippen LogP contribution in [0.25, 0.3) is 0 Å². The number of rotatable bonds is 5. The Morgan fingerprint density at radius 1 is 1.47 bits per heavy atom. The third-order valence-electron chi connectivity index (χ3n) is 2.36. The van der Waals surface area contributed by atoms with E-state index in [9.17, 15) is 0 Å². The number of amidine groups is 1. The van der Waals surface area contributed by atoms with Crippen molar-refractivity contribution in [3.8, 4) is 0 Å². The van der Waals surface area contributed by atoms with Crippen LogP contribution in [0.3, 0.4) is 0 Å². The van der Waals surface area contributed by atoms with Crippen molar-refractivity contribution in [1.82, 2.24) is 9.78 Å². The van der Waals surface area contributed by atoms with Gasteiger partial charge < -0.3 is 5.73 Å². The number of hydrogen-bond donors (Lipinski definition) is 2. The van der Waals surface area contributed by atoms with Crippen LogP contribution in [-0.2, 0) is 6.54 Å². The summed E-state index contributed by atoms with van der Waals surface area (Å²) in [6.45, 7) is 4.93. The minimum atomic E-state index is 0.268. The number of unbranched alkanes of at least 4 members (excludes halogenated alkanes) is 1. The van der Waals surface area contributed by atoms with Crippen LogP contribution in [0.2, 0.25) is 0 Å². The lowest BCUT2D eigenvalue weighted by atomic mass is 10.2. The van der Waals surface area contributed by atoms with Crippen molar-refractivity contribution >= 4 is 21.8 Å². The molecule has 1 aromatic heterocycles. The largest absolute Gasteiger partial charge is 0.388 e. The van der Waals surface area contributed by atoms with Gasteiger partial charge in [0.2, 0.25) is 0 Å². The van der Waals surface area contributed by atoms with Crippen molar-refractivity contribution in [1.29, 1.82) is 5.41 Å². The molecular formula is C10H17BrN4. The van der Waals surface area contributed by atoms with Crippen LogP contribution in [0.15, 0.2) is 4.47 Å². The standard InChI is InChI=1S/C10H17BrN4/c1-7-10(11)8(2)15(14-7)6-4-3-5-9(12)13/h3-6H2,1-2H3,(H3,12,13). The predicted octanol–water partition coefficient (Wildman–Crippen LogP) is 2.37. The van der Waals surface area contributed by atoms with E-state index in [0.717, 1.165) is 35.2 Å². The van der Waals surface area contributed by atoms with Crippen molar-refractivity contribution < 1.29 is 0 Å². The number of nitrogens with one attached hydrogen (secondary N) is 1. The highest BCUT2D eigenvalue weighted by atomic mass is 79.9. The Morgan fingerprint density at radius 3 is 2.60 bits per heavy atom. The lowest BCUT2D eigenvalue weighted by Gasteiger charge is -2.03. The Hall–Kier alpha value is -0.840. The maximum absolute atomic E-state index is 7.11. The molecule has 0 atom stereocenters. The molecule has 0 aromatic carbocycles. The van der Waals surface area contributed by atoms with Crippen LogP contribution in [0.5, 0.6) is 0 Å². The Kier molecular flexibility index (Phi) is 4.32. The minimum Gasteiger partial charge on any atom is -0.388 e. The highest BCUT2D eigenvalue weighted by Gasteiger charge is 2.07. The quantitative estimate of drug-likeness (QED) is 0.491. The average molecular weight is 273 g/mol. The molecule has 0 aliphatic carbocycles. The minimum absolute atomic E-state index is 0.268. The first-order valence-electron chi connectivity index (χ1n) is 5.04. The number of nitrogens with two attached hydrogens (primary N) is 1. The summed E-state index contributed by atoms with van der Waals surface area (Å²) in [5.74, 6) is 0.268. The van der Waals surface area contributed by atoms with Gasteiger partial charge in [0.15, 0.2) is 0 Å². The summed E-state index contributed by atoms with van der Waals surface area (Å²) in [6.07, 6.45) is 2.64. The highest BCUT2D eigenvalue weighted by Crippen LogP contribution is 2.20. The van der Waals surface area contributed by atoms with Crippen LogP contribution in [0, 0.1) is 19.3 Å². The Bertz CT molecular complexity index is 357. The number of hydrogen-bond acceptors (Lipinski definition) is 2. The molecule has 0 radical (unpaired) electrons. The van der Waals surface area contributed by atoms with Gasteiger partial charge in [0.1, 0.15) is 0 Å². The molecule has 0 fully saturated rings. The summed E-state index contributed by atoms with van der Waals surface area (Å²) in [5, 5.41) is 11.5. The summed E-state index contributed by atoms with van der Waals surface area (Å²) in [6, 6.07) is 0. The SMILES string of the molecule is Cc1nn(CCCCC(=N)N)c(C)c1Br. The van der Waals surface area contributed by atoms with E-state index in [1.807, 2.05) is 11.6 Å². The predicted molar refractivity (Wildman–Crippen MR) is 65.2 cm³/mol. The van der Waals surface area contributed by atoms with Crippen LogP contribution < -0.4 is 5.73 Å². The molecule has 0 saturated carbocycles. The third-order valence-corrected chi connectivity index (χ3v) is 3.51. The second-order valence-electron chi connectivity index (χ2n) is 3.69. The average Bonchev–Trinajstić information content (AvgIpc) is 2.41. The molecule has 0 saturated heterocycles. The summed E-state index contributed by atoms with van der Waals surface area (Å²) in [5.41, 5.74) is 7.47. The molecule has 0 aliphatic rings. The molecule has 3 N–H and O–H groups in total. The second-order valence-corrected chi connectivity index (χ2v) is 4.48. The normalized spacial score (nSPS) is 10.6. The topological polar surface area (TPSA) is 67.7 Å². The van der Waals surface area contributed by atoms with Gasteiger partial charge in [-0.3, -0.25) is 10.1 Å². The van der Waals surface area contributed by atoms with E-state index in [1.165, 1.54) is 0 Å². The summed E-state index contributed by atoms with van der Waals surface area (Å²) in [4.78, 5) is 0. The number of nitrogens with zero attached hydrogens (tertiary/aromatic N) is 2. The molecule has 84 valence electrons. The van der Waals surface area contributed by atoms with Crippen molar-refractivity contribution in [2.24, 2.45) is 5.73 Å². The van der Waals surface area contributed by atoms with Gasteiger partial charge in [-0.15, -0.1) is 0 Å². The van der Waals surface area contributed by atoms with Gasteiger partial charge in [-0.2, -0.15) is 5.10 Å². The third kappa shape index (κ3) is 3.34. The van der Waals surface area contributed by atoms with Gasteiger partial charge >= 0.3 is 0 Å². The fourth-order valence-electron chi connectivity index (χ4n) is 1.47. The van der Waals surface area contributed by atoms with E-state index < -0.39 is 0 Å². The maximum atomic E-state index is 7.11. The molecule has 0 bridgehead atoms. The number of aryl methyl sites for hydroxylation is 2. The first kappa shape index (κ1) is 12.2. The van der Waals surface area contributed by atoms with Crippen LogP contribution in [0.1, 0.15) is 30.7 Å². The van der Waals surface area contributed by atoms with Crippen molar-refractivity contribution in [3.63, 3.8) is 0 Å².